The average Bonchev–Trinajstić information content (AvgIpc) is 2.10. The van der Waals surface area contributed by atoms with Gasteiger partial charge in [-0.05, 0) is 0 Å². The van der Waals surface area contributed by atoms with Crippen LogP contribution in [0.3, 0.4) is 0 Å². The highest BCUT2D eigenvalue weighted by Gasteiger charge is 2.38. The monoisotopic (exact) mass is 199 g/mol. The Kier molecular flexibility index (Phi) is 2.06. The number of rotatable bonds is 1. The second-order valence-corrected chi connectivity index (χ2v) is 2.94. The summed E-state index contributed by atoms with van der Waals surface area (Å²) in [6, 6.07) is -0.0417. The third-order valence-corrected chi connectivity index (χ3v) is 2.16. The Balaban J connectivity index is 2.38. The standard InChI is InChI=1S/C5H8BrF2N/c6-2-4-1-5(7,8)3-9-4/h4,9H,1-3H2/t4-/m0/s1. The van der Waals surface area contributed by atoms with E-state index in [1.54, 1.807) is 0 Å². The lowest BCUT2D eigenvalue weighted by atomic mass is 10.2. The molecule has 0 aromatic heterocycles. The first-order valence-corrected chi connectivity index (χ1v) is 3.93. The molecule has 0 aliphatic carbocycles. The van der Waals surface area contributed by atoms with Gasteiger partial charge >= 0.3 is 0 Å². The molecule has 0 saturated carbocycles. The van der Waals surface area contributed by atoms with Gasteiger partial charge in [0.15, 0.2) is 0 Å². The molecule has 0 spiro atoms. The Labute approximate surface area is 60.9 Å². The van der Waals surface area contributed by atoms with Crippen molar-refractivity contribution in [2.45, 2.75) is 18.4 Å². The Morgan fingerprint density at radius 1 is 1.67 bits per heavy atom. The van der Waals surface area contributed by atoms with E-state index in [0.717, 1.165) is 0 Å². The lowest BCUT2D eigenvalue weighted by Crippen LogP contribution is -2.23. The zero-order chi connectivity index (χ0) is 6.91. The molecular weight excluding hydrogens is 192 g/mol. The highest BCUT2D eigenvalue weighted by Crippen LogP contribution is 2.25. The first kappa shape index (κ1) is 7.41. The van der Waals surface area contributed by atoms with Crippen molar-refractivity contribution in [3.63, 3.8) is 0 Å². The first-order valence-electron chi connectivity index (χ1n) is 2.81. The van der Waals surface area contributed by atoms with Crippen LogP contribution in [0.4, 0.5) is 8.78 Å². The summed E-state index contributed by atoms with van der Waals surface area (Å²) in [5.41, 5.74) is 0. The van der Waals surface area contributed by atoms with Crippen molar-refractivity contribution < 1.29 is 8.78 Å². The van der Waals surface area contributed by atoms with Crippen molar-refractivity contribution in [3.8, 4) is 0 Å². The molecule has 1 heterocycles. The van der Waals surface area contributed by atoms with Crippen molar-refractivity contribution in [2.75, 3.05) is 11.9 Å². The second kappa shape index (κ2) is 2.50. The van der Waals surface area contributed by atoms with Crippen LogP contribution < -0.4 is 5.32 Å². The summed E-state index contributed by atoms with van der Waals surface area (Å²) in [6.45, 7) is -0.163. The van der Waals surface area contributed by atoms with E-state index in [1.165, 1.54) is 0 Å². The quantitative estimate of drug-likeness (QED) is 0.630. The normalized spacial score (nSPS) is 33.0. The highest BCUT2D eigenvalue weighted by atomic mass is 79.9. The summed E-state index contributed by atoms with van der Waals surface area (Å²) in [6.07, 6.45) is -0.0295. The van der Waals surface area contributed by atoms with Crippen molar-refractivity contribution in [3.05, 3.63) is 0 Å². The molecule has 1 saturated heterocycles. The molecule has 0 bridgehead atoms. The van der Waals surface area contributed by atoms with Crippen LogP contribution in [-0.2, 0) is 0 Å². The molecule has 0 amide bonds. The van der Waals surface area contributed by atoms with Crippen LogP contribution in [0.15, 0.2) is 0 Å². The Bertz CT molecular complexity index is 107. The molecule has 1 atom stereocenters. The lowest BCUT2D eigenvalue weighted by molar-refractivity contribution is 0.0217. The largest absolute Gasteiger partial charge is 0.307 e. The fraction of sp³-hybridized carbons (Fsp3) is 1.00. The molecule has 0 radical (unpaired) electrons. The van der Waals surface area contributed by atoms with Crippen LogP contribution in [0.25, 0.3) is 0 Å². The molecule has 1 aliphatic heterocycles. The predicted molar refractivity (Wildman–Crippen MR) is 35.1 cm³/mol. The molecule has 1 nitrogen and oxygen atoms in total. The van der Waals surface area contributed by atoms with Gasteiger partial charge < -0.3 is 5.32 Å². The zero-order valence-corrected chi connectivity index (χ0v) is 6.42. The van der Waals surface area contributed by atoms with Gasteiger partial charge in [0, 0.05) is 17.8 Å². The Morgan fingerprint density at radius 3 is 2.56 bits per heavy atom. The molecule has 1 rings (SSSR count). The van der Waals surface area contributed by atoms with E-state index in [4.69, 9.17) is 0 Å². The van der Waals surface area contributed by atoms with Crippen molar-refractivity contribution in [1.29, 1.82) is 0 Å². The molecule has 1 fully saturated rings. The third kappa shape index (κ3) is 1.86. The summed E-state index contributed by atoms with van der Waals surface area (Å²) in [4.78, 5) is 0. The van der Waals surface area contributed by atoms with Gasteiger partial charge in [-0.25, -0.2) is 8.78 Å². The van der Waals surface area contributed by atoms with Crippen LogP contribution in [0.5, 0.6) is 0 Å². The maximum Gasteiger partial charge on any atom is 0.261 e. The number of hydrogen-bond donors (Lipinski definition) is 1. The molecule has 0 aromatic rings. The summed E-state index contributed by atoms with van der Waals surface area (Å²) in [5.74, 6) is -2.47. The average molecular weight is 200 g/mol. The minimum Gasteiger partial charge on any atom is -0.307 e. The Morgan fingerprint density at radius 2 is 2.33 bits per heavy atom. The van der Waals surface area contributed by atoms with Crippen molar-refractivity contribution in [2.24, 2.45) is 0 Å². The van der Waals surface area contributed by atoms with Gasteiger partial charge in [0.1, 0.15) is 0 Å². The highest BCUT2D eigenvalue weighted by molar-refractivity contribution is 9.09. The molecule has 0 aromatic carbocycles. The van der Waals surface area contributed by atoms with Crippen LogP contribution in [0.2, 0.25) is 0 Å². The topological polar surface area (TPSA) is 12.0 Å². The molecule has 54 valence electrons. The fourth-order valence-electron chi connectivity index (χ4n) is 0.908. The number of halogens is 3. The van der Waals surface area contributed by atoms with Crippen LogP contribution in [0.1, 0.15) is 6.42 Å². The van der Waals surface area contributed by atoms with E-state index in [-0.39, 0.29) is 19.0 Å². The summed E-state index contributed by atoms with van der Waals surface area (Å²) in [5, 5.41) is 3.31. The molecule has 1 N–H and O–H groups in total. The van der Waals surface area contributed by atoms with E-state index < -0.39 is 5.92 Å². The van der Waals surface area contributed by atoms with Gasteiger partial charge in [-0.15, -0.1) is 0 Å². The van der Waals surface area contributed by atoms with Crippen LogP contribution in [-0.4, -0.2) is 23.8 Å². The molecular formula is C5H8BrF2N. The maximum atomic E-state index is 12.3. The van der Waals surface area contributed by atoms with Crippen molar-refractivity contribution in [1.82, 2.24) is 5.32 Å². The molecule has 4 heteroatoms. The van der Waals surface area contributed by atoms with Crippen LogP contribution >= 0.6 is 15.9 Å². The molecule has 0 unspecified atom stereocenters. The number of alkyl halides is 3. The van der Waals surface area contributed by atoms with E-state index in [2.05, 4.69) is 21.2 Å². The predicted octanol–water partition coefficient (Wildman–Crippen LogP) is 1.38. The van der Waals surface area contributed by atoms with E-state index in [0.29, 0.717) is 5.33 Å². The summed E-state index contributed by atoms with van der Waals surface area (Å²) >= 11 is 3.13. The number of hydrogen-bond acceptors (Lipinski definition) is 1. The fourth-order valence-corrected chi connectivity index (χ4v) is 1.37. The van der Waals surface area contributed by atoms with Gasteiger partial charge in [-0.3, -0.25) is 0 Å². The van der Waals surface area contributed by atoms with Gasteiger partial charge in [0.05, 0.1) is 6.54 Å². The maximum absolute atomic E-state index is 12.3. The van der Waals surface area contributed by atoms with Gasteiger partial charge in [-0.1, -0.05) is 15.9 Å². The minimum absolute atomic E-state index is 0.0295. The Hall–Kier alpha value is 0.300. The second-order valence-electron chi connectivity index (χ2n) is 2.29. The SMILES string of the molecule is FC1(F)CN[C@H](CBr)C1. The zero-order valence-electron chi connectivity index (χ0n) is 4.83. The van der Waals surface area contributed by atoms with Crippen molar-refractivity contribution >= 4 is 15.9 Å². The van der Waals surface area contributed by atoms with Gasteiger partial charge in [0.2, 0.25) is 0 Å². The van der Waals surface area contributed by atoms with E-state index in [1.807, 2.05) is 0 Å². The lowest BCUT2D eigenvalue weighted by Gasteiger charge is -2.04. The number of nitrogens with one attached hydrogen (secondary N) is 1. The molecule has 1 aliphatic rings. The van der Waals surface area contributed by atoms with Gasteiger partial charge in [0.25, 0.3) is 5.92 Å². The van der Waals surface area contributed by atoms with Gasteiger partial charge in [-0.2, -0.15) is 0 Å². The summed E-state index contributed by atoms with van der Waals surface area (Å²) in [7, 11) is 0. The van der Waals surface area contributed by atoms with E-state index in [9.17, 15) is 8.78 Å². The smallest absolute Gasteiger partial charge is 0.261 e. The van der Waals surface area contributed by atoms with E-state index >= 15 is 0 Å². The minimum atomic E-state index is -2.47. The summed E-state index contributed by atoms with van der Waals surface area (Å²) < 4.78 is 24.6. The molecule has 9 heavy (non-hydrogen) atoms. The third-order valence-electron chi connectivity index (χ3n) is 1.38. The first-order chi connectivity index (χ1) is 4.14. The van der Waals surface area contributed by atoms with Crippen LogP contribution in [0, 0.1) is 0 Å².